The van der Waals surface area contributed by atoms with Gasteiger partial charge in [0.15, 0.2) is 0 Å². The van der Waals surface area contributed by atoms with Gasteiger partial charge in [0.25, 0.3) is 0 Å². The van der Waals surface area contributed by atoms with Crippen molar-refractivity contribution in [3.05, 3.63) is 30.1 Å². The first kappa shape index (κ1) is 14.4. The van der Waals surface area contributed by atoms with Crippen molar-refractivity contribution in [3.63, 3.8) is 0 Å². The monoisotopic (exact) mass is 255 g/mol. The molecule has 0 spiro atoms. The Hall–Kier alpha value is -1.62. The number of ether oxygens (including phenoxy) is 2. The van der Waals surface area contributed by atoms with E-state index >= 15 is 0 Å². The number of methoxy groups -OCH3 is 2. The number of anilines is 1. The molecule has 1 unspecified atom stereocenters. The van der Waals surface area contributed by atoms with Crippen molar-refractivity contribution in [1.29, 1.82) is 0 Å². The number of hydrogen-bond acceptors (Lipinski definition) is 4. The largest absolute Gasteiger partial charge is 0.467 e. The standard InChI is InChI=1S/C13H18FNO3/c1-13(7-8-17-2,12(16)18-3)15-11-6-4-5-10(14)9-11/h4-6,9,15H,7-8H2,1-3H3. The Kier molecular flexibility index (Phi) is 5.09. The van der Waals surface area contributed by atoms with Gasteiger partial charge in [-0.25, -0.2) is 9.18 Å². The van der Waals surface area contributed by atoms with Crippen LogP contribution >= 0.6 is 0 Å². The van der Waals surface area contributed by atoms with Crippen molar-refractivity contribution in [2.45, 2.75) is 18.9 Å². The normalized spacial score (nSPS) is 13.8. The van der Waals surface area contributed by atoms with Crippen LogP contribution in [0.2, 0.25) is 0 Å². The predicted octanol–water partition coefficient (Wildman–Crippen LogP) is 2.21. The third-order valence-electron chi connectivity index (χ3n) is 2.69. The van der Waals surface area contributed by atoms with Gasteiger partial charge in [-0.3, -0.25) is 0 Å². The van der Waals surface area contributed by atoms with E-state index in [9.17, 15) is 9.18 Å². The highest BCUT2D eigenvalue weighted by Gasteiger charge is 2.34. The summed E-state index contributed by atoms with van der Waals surface area (Å²) in [6.45, 7) is 2.09. The lowest BCUT2D eigenvalue weighted by molar-refractivity contribution is -0.146. The second kappa shape index (κ2) is 6.35. The van der Waals surface area contributed by atoms with Crippen molar-refractivity contribution >= 4 is 11.7 Å². The third kappa shape index (κ3) is 3.70. The molecular weight excluding hydrogens is 237 g/mol. The molecule has 0 aliphatic carbocycles. The molecule has 1 aromatic carbocycles. The van der Waals surface area contributed by atoms with Gasteiger partial charge in [-0.2, -0.15) is 0 Å². The van der Waals surface area contributed by atoms with Crippen molar-refractivity contribution in [3.8, 4) is 0 Å². The summed E-state index contributed by atoms with van der Waals surface area (Å²) in [6, 6.07) is 5.94. The molecule has 4 nitrogen and oxygen atoms in total. The maximum atomic E-state index is 13.1. The van der Waals surface area contributed by atoms with Crippen LogP contribution in [0.3, 0.4) is 0 Å². The van der Waals surface area contributed by atoms with E-state index in [0.29, 0.717) is 18.7 Å². The number of benzene rings is 1. The molecule has 0 bridgehead atoms. The third-order valence-corrected chi connectivity index (χ3v) is 2.69. The van der Waals surface area contributed by atoms with Crippen molar-refractivity contribution in [1.82, 2.24) is 0 Å². The average molecular weight is 255 g/mol. The van der Waals surface area contributed by atoms with Gasteiger partial charge in [0.1, 0.15) is 11.4 Å². The molecule has 0 aromatic heterocycles. The van der Waals surface area contributed by atoms with Gasteiger partial charge < -0.3 is 14.8 Å². The lowest BCUT2D eigenvalue weighted by atomic mass is 9.98. The number of carbonyl (C=O) groups is 1. The summed E-state index contributed by atoms with van der Waals surface area (Å²) in [4.78, 5) is 11.8. The molecule has 0 aliphatic heterocycles. The molecule has 5 heteroatoms. The minimum absolute atomic E-state index is 0.362. The van der Waals surface area contributed by atoms with Crippen molar-refractivity contribution in [2.24, 2.45) is 0 Å². The zero-order valence-corrected chi connectivity index (χ0v) is 10.8. The molecule has 18 heavy (non-hydrogen) atoms. The van der Waals surface area contributed by atoms with Crippen LogP contribution in [0.1, 0.15) is 13.3 Å². The predicted molar refractivity (Wildman–Crippen MR) is 66.9 cm³/mol. The minimum Gasteiger partial charge on any atom is -0.467 e. The van der Waals surface area contributed by atoms with Gasteiger partial charge in [-0.15, -0.1) is 0 Å². The lowest BCUT2D eigenvalue weighted by Gasteiger charge is -2.28. The summed E-state index contributed by atoms with van der Waals surface area (Å²) in [6.07, 6.45) is 0.423. The van der Waals surface area contributed by atoms with E-state index in [1.54, 1.807) is 26.2 Å². The van der Waals surface area contributed by atoms with E-state index in [2.05, 4.69) is 5.32 Å². The lowest BCUT2D eigenvalue weighted by Crippen LogP contribution is -2.45. The molecular formula is C13H18FNO3. The second-order valence-electron chi connectivity index (χ2n) is 4.20. The van der Waals surface area contributed by atoms with E-state index in [0.717, 1.165) is 0 Å². The molecule has 1 aromatic rings. The zero-order chi connectivity index (χ0) is 13.6. The van der Waals surface area contributed by atoms with E-state index < -0.39 is 11.5 Å². The van der Waals surface area contributed by atoms with E-state index in [-0.39, 0.29) is 5.82 Å². The molecule has 0 amide bonds. The van der Waals surface area contributed by atoms with Gasteiger partial charge >= 0.3 is 5.97 Å². The summed E-state index contributed by atoms with van der Waals surface area (Å²) < 4.78 is 22.8. The summed E-state index contributed by atoms with van der Waals surface area (Å²) in [5.74, 6) is -0.775. The van der Waals surface area contributed by atoms with Crippen molar-refractivity contribution < 1.29 is 18.7 Å². The summed E-state index contributed by atoms with van der Waals surface area (Å²) in [7, 11) is 2.88. The van der Waals surface area contributed by atoms with Crippen LogP contribution in [0.5, 0.6) is 0 Å². The van der Waals surface area contributed by atoms with Crippen LogP contribution in [0, 0.1) is 5.82 Å². The molecule has 1 atom stereocenters. The van der Waals surface area contributed by atoms with E-state index in [1.165, 1.54) is 19.2 Å². The highest BCUT2D eigenvalue weighted by molar-refractivity contribution is 5.83. The van der Waals surface area contributed by atoms with Crippen LogP contribution in [-0.2, 0) is 14.3 Å². The van der Waals surface area contributed by atoms with Crippen LogP contribution in [0.15, 0.2) is 24.3 Å². The Labute approximate surface area is 106 Å². The Bertz CT molecular complexity index is 411. The topological polar surface area (TPSA) is 47.6 Å². The number of nitrogens with one attached hydrogen (secondary N) is 1. The van der Waals surface area contributed by atoms with Crippen LogP contribution in [0.25, 0.3) is 0 Å². The first-order valence-corrected chi connectivity index (χ1v) is 5.63. The maximum Gasteiger partial charge on any atom is 0.331 e. The number of hydrogen-bond donors (Lipinski definition) is 1. The minimum atomic E-state index is -0.946. The molecule has 0 heterocycles. The summed E-state index contributed by atoms with van der Waals surface area (Å²) >= 11 is 0. The first-order chi connectivity index (χ1) is 8.51. The van der Waals surface area contributed by atoms with Crippen LogP contribution in [0.4, 0.5) is 10.1 Å². The van der Waals surface area contributed by atoms with E-state index in [1.807, 2.05) is 0 Å². The van der Waals surface area contributed by atoms with Gasteiger partial charge in [0, 0.05) is 25.8 Å². The first-order valence-electron chi connectivity index (χ1n) is 5.63. The average Bonchev–Trinajstić information content (AvgIpc) is 2.35. The second-order valence-corrected chi connectivity index (χ2v) is 4.20. The summed E-state index contributed by atoms with van der Waals surface area (Å²) in [5.41, 5.74) is -0.419. The molecule has 0 radical (unpaired) electrons. The molecule has 1 rings (SSSR count). The van der Waals surface area contributed by atoms with Gasteiger partial charge in [0.2, 0.25) is 0 Å². The fourth-order valence-corrected chi connectivity index (χ4v) is 1.63. The SMILES string of the molecule is COCCC(C)(Nc1cccc(F)c1)C(=O)OC. The molecule has 0 saturated carbocycles. The Morgan fingerprint density at radius 1 is 1.44 bits per heavy atom. The number of rotatable bonds is 6. The fraction of sp³-hybridized carbons (Fsp3) is 0.462. The quantitative estimate of drug-likeness (QED) is 0.792. The summed E-state index contributed by atoms with van der Waals surface area (Å²) in [5, 5.41) is 2.99. The van der Waals surface area contributed by atoms with Gasteiger partial charge in [-0.05, 0) is 25.1 Å². The Morgan fingerprint density at radius 3 is 2.72 bits per heavy atom. The fourth-order valence-electron chi connectivity index (χ4n) is 1.63. The number of carbonyl (C=O) groups excluding carboxylic acids is 1. The van der Waals surface area contributed by atoms with Gasteiger partial charge in [0.05, 0.1) is 7.11 Å². The Balaban J connectivity index is 2.87. The van der Waals surface area contributed by atoms with E-state index in [4.69, 9.17) is 9.47 Å². The van der Waals surface area contributed by atoms with Gasteiger partial charge in [-0.1, -0.05) is 6.07 Å². The molecule has 100 valence electrons. The smallest absolute Gasteiger partial charge is 0.331 e. The van der Waals surface area contributed by atoms with Crippen molar-refractivity contribution in [2.75, 3.05) is 26.1 Å². The van der Waals surface area contributed by atoms with Crippen LogP contribution in [-0.4, -0.2) is 32.3 Å². The maximum absolute atomic E-state index is 13.1. The molecule has 0 fully saturated rings. The highest BCUT2D eigenvalue weighted by atomic mass is 19.1. The highest BCUT2D eigenvalue weighted by Crippen LogP contribution is 2.21. The Morgan fingerprint density at radius 2 is 2.17 bits per heavy atom. The molecule has 0 aliphatic rings. The molecule has 0 saturated heterocycles. The number of halogens is 1. The number of esters is 1. The zero-order valence-electron chi connectivity index (χ0n) is 10.8. The van der Waals surface area contributed by atoms with Crippen LogP contribution < -0.4 is 5.32 Å². The molecule has 1 N–H and O–H groups in total.